The van der Waals surface area contributed by atoms with Gasteiger partial charge in [-0.1, -0.05) is 18.2 Å². The van der Waals surface area contributed by atoms with Crippen LogP contribution in [-0.4, -0.2) is 55.7 Å². The van der Waals surface area contributed by atoms with Gasteiger partial charge in [-0.25, -0.2) is 4.79 Å². The number of carbonyl (C=O) groups excluding carboxylic acids is 1. The smallest absolute Gasteiger partial charge is 0.320 e. The normalized spacial score (nSPS) is 17.6. The van der Waals surface area contributed by atoms with Crippen molar-refractivity contribution < 1.29 is 14.3 Å². The Morgan fingerprint density at radius 2 is 1.92 bits per heavy atom. The van der Waals surface area contributed by atoms with Crippen molar-refractivity contribution in [3.63, 3.8) is 0 Å². The number of rotatable bonds is 4. The summed E-state index contributed by atoms with van der Waals surface area (Å²) in [5.74, 6) is 0.852. The first kappa shape index (κ1) is 17.5. The summed E-state index contributed by atoms with van der Waals surface area (Å²) in [5, 5.41) is 2.28. The highest BCUT2D eigenvalue weighted by molar-refractivity contribution is 5.84. The third-order valence-electron chi connectivity index (χ3n) is 4.81. The molecule has 5 nitrogen and oxygen atoms in total. The van der Waals surface area contributed by atoms with E-state index in [-0.39, 0.29) is 12.1 Å². The van der Waals surface area contributed by atoms with Gasteiger partial charge >= 0.3 is 6.03 Å². The fourth-order valence-electron chi connectivity index (χ4n) is 3.29. The van der Waals surface area contributed by atoms with Crippen molar-refractivity contribution in [2.24, 2.45) is 0 Å². The van der Waals surface area contributed by atoms with E-state index in [1.165, 1.54) is 0 Å². The molecule has 2 aromatic carbocycles. The molecule has 0 aliphatic carbocycles. The van der Waals surface area contributed by atoms with Crippen molar-refractivity contribution in [2.45, 2.75) is 20.0 Å². The molecule has 1 aliphatic rings. The maximum Gasteiger partial charge on any atom is 0.320 e. The van der Waals surface area contributed by atoms with Crippen LogP contribution < -0.4 is 4.74 Å². The number of carbonyl (C=O) groups is 1. The Kier molecular flexibility index (Phi) is 5.43. The van der Waals surface area contributed by atoms with E-state index in [1.807, 2.05) is 35.8 Å². The van der Waals surface area contributed by atoms with Gasteiger partial charge in [0, 0.05) is 19.6 Å². The van der Waals surface area contributed by atoms with Gasteiger partial charge in [0.05, 0.1) is 20.3 Å². The van der Waals surface area contributed by atoms with E-state index in [0.717, 1.165) is 35.2 Å². The minimum Gasteiger partial charge on any atom is -0.497 e. The summed E-state index contributed by atoms with van der Waals surface area (Å²) in [7, 11) is 1.67. The number of nitrogens with zero attached hydrogens (tertiary/aromatic N) is 2. The Morgan fingerprint density at radius 3 is 2.64 bits per heavy atom. The minimum atomic E-state index is -0.0836. The second-order valence-corrected chi connectivity index (χ2v) is 6.23. The van der Waals surface area contributed by atoms with E-state index in [0.29, 0.717) is 19.7 Å². The molecule has 5 heteroatoms. The standard InChI is InChI=1S/C20H26N2O3/c1-4-21(5-2)20(23)22-10-11-25-19(14-22)17-7-6-16-13-18(24-3)9-8-15(16)12-17/h6-9,12-13,19H,4-5,10-11,14H2,1-3H3. The van der Waals surface area contributed by atoms with Crippen molar-refractivity contribution >= 4 is 16.8 Å². The average molecular weight is 342 g/mol. The first-order valence-electron chi connectivity index (χ1n) is 8.89. The van der Waals surface area contributed by atoms with E-state index < -0.39 is 0 Å². The molecular weight excluding hydrogens is 316 g/mol. The molecule has 0 N–H and O–H groups in total. The van der Waals surface area contributed by atoms with E-state index in [2.05, 4.69) is 24.3 Å². The monoisotopic (exact) mass is 342 g/mol. The van der Waals surface area contributed by atoms with E-state index >= 15 is 0 Å². The van der Waals surface area contributed by atoms with Crippen LogP contribution in [0.3, 0.4) is 0 Å². The fraction of sp³-hybridized carbons (Fsp3) is 0.450. The second kappa shape index (κ2) is 7.74. The summed E-state index contributed by atoms with van der Waals surface area (Å²) in [4.78, 5) is 16.4. The zero-order valence-corrected chi connectivity index (χ0v) is 15.2. The van der Waals surface area contributed by atoms with Gasteiger partial charge in [0.1, 0.15) is 11.9 Å². The molecule has 2 aromatic rings. The Bertz CT molecular complexity index is 743. The molecule has 0 spiro atoms. The Balaban J connectivity index is 1.79. The molecule has 1 unspecified atom stereocenters. The lowest BCUT2D eigenvalue weighted by molar-refractivity contribution is -0.0201. The lowest BCUT2D eigenvalue weighted by Gasteiger charge is -2.36. The lowest BCUT2D eigenvalue weighted by atomic mass is 10.0. The van der Waals surface area contributed by atoms with E-state index in [4.69, 9.17) is 9.47 Å². The molecule has 25 heavy (non-hydrogen) atoms. The van der Waals surface area contributed by atoms with Crippen LogP contribution in [0.1, 0.15) is 25.5 Å². The number of hydrogen-bond acceptors (Lipinski definition) is 3. The maximum atomic E-state index is 12.6. The van der Waals surface area contributed by atoms with Gasteiger partial charge in [-0.05, 0) is 48.4 Å². The third-order valence-corrected chi connectivity index (χ3v) is 4.81. The molecule has 1 atom stereocenters. The highest BCUT2D eigenvalue weighted by Crippen LogP contribution is 2.28. The zero-order chi connectivity index (χ0) is 17.8. The minimum absolute atomic E-state index is 0.0836. The molecular formula is C20H26N2O3. The van der Waals surface area contributed by atoms with Crippen LogP contribution in [0.25, 0.3) is 10.8 Å². The predicted molar refractivity (Wildman–Crippen MR) is 99.1 cm³/mol. The largest absolute Gasteiger partial charge is 0.497 e. The first-order valence-corrected chi connectivity index (χ1v) is 8.89. The second-order valence-electron chi connectivity index (χ2n) is 6.23. The van der Waals surface area contributed by atoms with Crippen molar-refractivity contribution in [3.05, 3.63) is 42.0 Å². The highest BCUT2D eigenvalue weighted by Gasteiger charge is 2.27. The van der Waals surface area contributed by atoms with Gasteiger partial charge in [0.15, 0.2) is 0 Å². The van der Waals surface area contributed by atoms with E-state index in [9.17, 15) is 4.79 Å². The molecule has 1 aliphatic heterocycles. The van der Waals surface area contributed by atoms with Crippen LogP contribution >= 0.6 is 0 Å². The number of amides is 2. The van der Waals surface area contributed by atoms with Gasteiger partial charge in [-0.3, -0.25) is 0 Å². The number of morpholine rings is 1. The van der Waals surface area contributed by atoms with Crippen molar-refractivity contribution in [1.29, 1.82) is 0 Å². The van der Waals surface area contributed by atoms with Gasteiger partial charge in [-0.2, -0.15) is 0 Å². The molecule has 134 valence electrons. The van der Waals surface area contributed by atoms with Gasteiger partial charge in [0.25, 0.3) is 0 Å². The zero-order valence-electron chi connectivity index (χ0n) is 15.2. The lowest BCUT2D eigenvalue weighted by Crippen LogP contribution is -2.48. The Hall–Kier alpha value is -2.27. The number of ether oxygens (including phenoxy) is 2. The Morgan fingerprint density at radius 1 is 1.20 bits per heavy atom. The summed E-state index contributed by atoms with van der Waals surface area (Å²) >= 11 is 0. The fourth-order valence-corrected chi connectivity index (χ4v) is 3.29. The summed E-state index contributed by atoms with van der Waals surface area (Å²) in [6.07, 6.45) is -0.0836. The SMILES string of the molecule is CCN(CC)C(=O)N1CCOC(c2ccc3cc(OC)ccc3c2)C1. The topological polar surface area (TPSA) is 42.0 Å². The summed E-state index contributed by atoms with van der Waals surface area (Å²) in [5.41, 5.74) is 1.11. The third kappa shape index (κ3) is 3.71. The van der Waals surface area contributed by atoms with Crippen LogP contribution in [0, 0.1) is 0 Å². The molecule has 2 amide bonds. The summed E-state index contributed by atoms with van der Waals surface area (Å²) in [6, 6.07) is 12.5. The van der Waals surface area contributed by atoms with Crippen LogP contribution in [0.2, 0.25) is 0 Å². The van der Waals surface area contributed by atoms with Gasteiger partial charge < -0.3 is 19.3 Å². The maximum absolute atomic E-state index is 12.6. The summed E-state index contributed by atoms with van der Waals surface area (Å²) < 4.78 is 11.2. The van der Waals surface area contributed by atoms with Crippen LogP contribution in [0.15, 0.2) is 36.4 Å². The van der Waals surface area contributed by atoms with Crippen molar-refractivity contribution in [3.8, 4) is 5.75 Å². The molecule has 1 fully saturated rings. The van der Waals surface area contributed by atoms with Gasteiger partial charge in [0.2, 0.25) is 0 Å². The molecule has 0 radical (unpaired) electrons. The van der Waals surface area contributed by atoms with Crippen LogP contribution in [0.4, 0.5) is 4.79 Å². The molecule has 0 saturated carbocycles. The molecule has 1 heterocycles. The van der Waals surface area contributed by atoms with Crippen LogP contribution in [-0.2, 0) is 4.74 Å². The number of hydrogen-bond donors (Lipinski definition) is 0. The molecule has 0 bridgehead atoms. The Labute approximate surface area is 149 Å². The van der Waals surface area contributed by atoms with Crippen molar-refractivity contribution in [1.82, 2.24) is 9.80 Å². The van der Waals surface area contributed by atoms with E-state index in [1.54, 1.807) is 7.11 Å². The molecule has 3 rings (SSSR count). The molecule has 1 saturated heterocycles. The number of methoxy groups -OCH3 is 1. The number of urea groups is 1. The quantitative estimate of drug-likeness (QED) is 0.851. The predicted octanol–water partition coefficient (Wildman–Crippen LogP) is 3.68. The highest BCUT2D eigenvalue weighted by atomic mass is 16.5. The average Bonchev–Trinajstić information content (AvgIpc) is 2.68. The summed E-state index contributed by atoms with van der Waals surface area (Å²) in [6.45, 7) is 7.30. The number of benzene rings is 2. The van der Waals surface area contributed by atoms with Crippen molar-refractivity contribution in [2.75, 3.05) is 39.9 Å². The number of fused-ring (bicyclic) bond motifs is 1. The van der Waals surface area contributed by atoms with Crippen LogP contribution in [0.5, 0.6) is 5.75 Å². The first-order chi connectivity index (χ1) is 12.2. The molecule has 0 aromatic heterocycles. The van der Waals surface area contributed by atoms with Gasteiger partial charge in [-0.15, -0.1) is 0 Å².